The Morgan fingerprint density at radius 2 is 0.546 bits per heavy atom. The van der Waals surface area contributed by atoms with Gasteiger partial charge < -0.3 is 34.2 Å². The highest BCUT2D eigenvalue weighted by atomic mass is 31.2. The van der Waals surface area contributed by atoms with Crippen molar-refractivity contribution in [3.05, 3.63) is 194 Å². The van der Waals surface area contributed by atoms with Crippen molar-refractivity contribution in [1.82, 2.24) is 0 Å². The summed E-state index contributed by atoms with van der Waals surface area (Å²) in [7, 11) is -9.84. The first-order valence-electron chi connectivity index (χ1n) is 35.7. The fraction of sp³-hybridized carbons (Fsp3) is 0.557. The summed E-state index contributed by atoms with van der Waals surface area (Å²) in [5.74, 6) is -1.77. The molecule has 0 bridgehead atoms. The third-order valence-corrected chi connectivity index (χ3v) is 15.7. The van der Waals surface area contributed by atoms with Crippen molar-refractivity contribution >= 4 is 33.6 Å². The van der Waals surface area contributed by atoms with Gasteiger partial charge in [0.05, 0.1) is 26.4 Å². The molecule has 0 aliphatic heterocycles. The van der Waals surface area contributed by atoms with Crippen LogP contribution in [0.3, 0.4) is 0 Å². The summed E-state index contributed by atoms with van der Waals surface area (Å²) in [4.78, 5) is 58.4. The Morgan fingerprint density at radius 3 is 0.907 bits per heavy atom. The first-order chi connectivity index (χ1) is 47.2. The maximum absolute atomic E-state index is 12.9. The van der Waals surface area contributed by atoms with Gasteiger partial charge in [0.25, 0.3) is 0 Å². The second-order valence-corrected chi connectivity index (χ2v) is 25.8. The molecule has 0 heterocycles. The number of phosphoric ester groups is 2. The van der Waals surface area contributed by atoms with E-state index in [4.69, 9.17) is 32.3 Å². The number of hydrogen-bond donors (Lipinski definition) is 4. The monoisotopic (exact) mass is 1390 g/mol. The van der Waals surface area contributed by atoms with Gasteiger partial charge in [-0.15, -0.1) is 0 Å². The van der Waals surface area contributed by atoms with Gasteiger partial charge in [0.2, 0.25) is 0 Å². The minimum Gasteiger partial charge on any atom is -0.463 e. The van der Waals surface area contributed by atoms with E-state index in [9.17, 15) is 43.5 Å². The fourth-order valence-electron chi connectivity index (χ4n) is 8.48. The zero-order valence-corrected chi connectivity index (χ0v) is 60.9. The van der Waals surface area contributed by atoms with E-state index in [1.54, 1.807) is 0 Å². The second-order valence-electron chi connectivity index (χ2n) is 22.9. The standard InChI is InChI=1S/C79H124O16P2/c1-4-7-10-13-16-19-22-25-28-31-33-34-35-36-37-38-40-43-44-47-50-53-56-59-62-65-77(82)89-68-74(80)69-91-96(85,86)92-70-75(81)71-93-97(87,88)94-73-76(95-79(84)67-64-61-58-55-52-49-46-41-30-27-24-21-18-15-12-9-6-3)72-90-78(83)66-63-60-57-54-51-48-45-42-39-32-29-26-23-20-17-14-11-8-5-2/h7-12,16-21,25-30,33-34,36-37,39,42,46,48-49,51,55,57-58,60,74-76,80-81H,4-6,13-15,22-24,31-32,35,38,40-41,43-45,47,50,52-54,56,59,61-73H2,1-3H3,(H,85,86)(H,87,88)/b10-7-,11-8-,12-9-,19-16-,20-17-,21-18-,28-25-,29-26-,30-27-,34-33-,37-36-,42-39-,49-46-,51-48-,58-55-,60-57-. The molecule has 5 atom stereocenters. The predicted octanol–water partition coefficient (Wildman–Crippen LogP) is 20.4. The Labute approximate surface area is 585 Å². The number of esters is 3. The van der Waals surface area contributed by atoms with Crippen molar-refractivity contribution in [2.24, 2.45) is 0 Å². The molecule has 0 aromatic rings. The van der Waals surface area contributed by atoms with Crippen LogP contribution >= 0.6 is 15.6 Å². The molecular weight excluding hydrogens is 1270 g/mol. The van der Waals surface area contributed by atoms with E-state index in [1.807, 2.05) is 30.4 Å². The van der Waals surface area contributed by atoms with E-state index in [0.29, 0.717) is 32.1 Å². The summed E-state index contributed by atoms with van der Waals surface area (Å²) in [5, 5.41) is 20.6. The number of unbranched alkanes of at least 4 members (excludes halogenated alkanes) is 10. The maximum Gasteiger partial charge on any atom is 0.472 e. The van der Waals surface area contributed by atoms with Crippen LogP contribution in [-0.2, 0) is 55.8 Å². The van der Waals surface area contributed by atoms with Gasteiger partial charge >= 0.3 is 33.6 Å². The van der Waals surface area contributed by atoms with E-state index in [-0.39, 0.29) is 19.3 Å². The van der Waals surface area contributed by atoms with Crippen LogP contribution in [0.4, 0.5) is 0 Å². The topological polar surface area (TPSA) is 231 Å². The van der Waals surface area contributed by atoms with Crippen LogP contribution in [0.5, 0.6) is 0 Å². The molecule has 0 aliphatic rings. The molecule has 0 spiro atoms. The van der Waals surface area contributed by atoms with Gasteiger partial charge in [-0.3, -0.25) is 32.5 Å². The van der Waals surface area contributed by atoms with Crippen molar-refractivity contribution in [2.45, 2.75) is 245 Å². The molecule has 0 fully saturated rings. The highest BCUT2D eigenvalue weighted by Gasteiger charge is 2.29. The average Bonchev–Trinajstić information content (AvgIpc) is 2.14. The summed E-state index contributed by atoms with van der Waals surface area (Å²) in [6.45, 7) is 2.12. The van der Waals surface area contributed by atoms with Crippen LogP contribution in [-0.4, -0.2) is 95.9 Å². The van der Waals surface area contributed by atoms with Crippen LogP contribution in [0.15, 0.2) is 194 Å². The van der Waals surface area contributed by atoms with E-state index in [2.05, 4.69) is 185 Å². The van der Waals surface area contributed by atoms with E-state index in [0.717, 1.165) is 128 Å². The minimum absolute atomic E-state index is 0.00178. The van der Waals surface area contributed by atoms with Crippen molar-refractivity contribution < 1.29 is 75.8 Å². The highest BCUT2D eigenvalue weighted by molar-refractivity contribution is 7.47. The molecule has 4 N–H and O–H groups in total. The summed E-state index contributed by atoms with van der Waals surface area (Å²) in [5.41, 5.74) is 0. The molecule has 0 aromatic heterocycles. The molecule has 5 unspecified atom stereocenters. The number of aliphatic hydroxyl groups excluding tert-OH is 2. The van der Waals surface area contributed by atoms with Crippen LogP contribution in [0.2, 0.25) is 0 Å². The molecule has 16 nitrogen and oxygen atoms in total. The number of ether oxygens (including phenoxy) is 3. The molecule has 546 valence electrons. The molecular formula is C79H124O16P2. The molecule has 97 heavy (non-hydrogen) atoms. The zero-order valence-electron chi connectivity index (χ0n) is 59.2. The van der Waals surface area contributed by atoms with Crippen LogP contribution in [0.1, 0.15) is 226 Å². The van der Waals surface area contributed by atoms with E-state index >= 15 is 0 Å². The van der Waals surface area contributed by atoms with Gasteiger partial charge in [-0.05, 0) is 141 Å². The summed E-state index contributed by atoms with van der Waals surface area (Å²) in [6, 6.07) is 0. The Bertz CT molecular complexity index is 2540. The quantitative estimate of drug-likeness (QED) is 0.0146. The number of phosphoric acid groups is 2. The Hall–Kier alpha value is -5.61. The van der Waals surface area contributed by atoms with Gasteiger partial charge in [0.1, 0.15) is 25.4 Å². The van der Waals surface area contributed by atoms with Gasteiger partial charge in [-0.2, -0.15) is 0 Å². The summed E-state index contributed by atoms with van der Waals surface area (Å²) in [6.07, 6.45) is 90.8. The molecule has 0 aromatic carbocycles. The van der Waals surface area contributed by atoms with Gasteiger partial charge in [-0.1, -0.05) is 260 Å². The van der Waals surface area contributed by atoms with Gasteiger partial charge in [0.15, 0.2) is 6.10 Å². The van der Waals surface area contributed by atoms with E-state index in [1.165, 1.54) is 25.7 Å². The lowest BCUT2D eigenvalue weighted by atomic mass is 10.1. The lowest BCUT2D eigenvalue weighted by Gasteiger charge is -2.21. The number of rotatable bonds is 65. The van der Waals surface area contributed by atoms with Crippen LogP contribution in [0.25, 0.3) is 0 Å². The SMILES string of the molecule is CC/C=C\C/C=C\C/C=C\C/C=C\C/C=C\C/C=C\CCC(=O)OCC(COP(=O)(O)OCC(O)COP(=O)(O)OCC(O)COC(=O)CCCCCCCCCCC/C=C\C/C=C\C/C=C\C/C=C\C/C=C\CC)OC(=O)CCC/C=C\C/C=C\C/C=C\C/C=C\C/C=C\CC. The summed E-state index contributed by atoms with van der Waals surface area (Å²) < 4.78 is 60.8. The Morgan fingerprint density at radius 1 is 0.289 bits per heavy atom. The predicted molar refractivity (Wildman–Crippen MR) is 398 cm³/mol. The van der Waals surface area contributed by atoms with Crippen LogP contribution in [0, 0.1) is 0 Å². The number of carbonyl (C=O) groups is 3. The molecule has 0 rings (SSSR count). The number of aliphatic hydroxyl groups is 2. The molecule has 0 saturated carbocycles. The van der Waals surface area contributed by atoms with Crippen molar-refractivity contribution in [1.29, 1.82) is 0 Å². The molecule has 0 amide bonds. The minimum atomic E-state index is -4.97. The van der Waals surface area contributed by atoms with E-state index < -0.39 is 91.5 Å². The van der Waals surface area contributed by atoms with Gasteiger partial charge in [0, 0.05) is 19.3 Å². The van der Waals surface area contributed by atoms with Crippen molar-refractivity contribution in [3.63, 3.8) is 0 Å². The van der Waals surface area contributed by atoms with Gasteiger partial charge in [-0.25, -0.2) is 9.13 Å². The Balaban J connectivity index is 4.75. The van der Waals surface area contributed by atoms with Crippen molar-refractivity contribution in [3.8, 4) is 0 Å². The zero-order chi connectivity index (χ0) is 70.9. The molecule has 0 aliphatic carbocycles. The Kier molecular flexibility index (Phi) is 66.2. The number of allylic oxidation sites excluding steroid dienone is 32. The maximum atomic E-state index is 12.9. The first-order valence-corrected chi connectivity index (χ1v) is 38.7. The lowest BCUT2D eigenvalue weighted by Crippen LogP contribution is -2.30. The second kappa shape index (κ2) is 70.3. The summed E-state index contributed by atoms with van der Waals surface area (Å²) >= 11 is 0. The lowest BCUT2D eigenvalue weighted by molar-refractivity contribution is -0.161. The third-order valence-electron chi connectivity index (χ3n) is 13.8. The van der Waals surface area contributed by atoms with Crippen molar-refractivity contribution in [2.75, 3.05) is 39.6 Å². The third kappa shape index (κ3) is 71.5. The average molecular weight is 1390 g/mol. The largest absolute Gasteiger partial charge is 0.472 e. The molecule has 0 saturated heterocycles. The smallest absolute Gasteiger partial charge is 0.463 e. The molecule has 18 heteroatoms. The number of carbonyl (C=O) groups excluding carboxylic acids is 3. The number of hydrogen-bond acceptors (Lipinski definition) is 14. The fourth-order valence-corrected chi connectivity index (χ4v) is 10.1. The first kappa shape index (κ1) is 91.4. The normalized spacial score (nSPS) is 15.2. The highest BCUT2D eigenvalue weighted by Crippen LogP contribution is 2.45. The molecule has 0 radical (unpaired) electrons. The van der Waals surface area contributed by atoms with Crippen LogP contribution < -0.4 is 0 Å².